The van der Waals surface area contributed by atoms with Gasteiger partial charge >= 0.3 is 0 Å². The molecule has 12 heavy (non-hydrogen) atoms. The largest absolute Gasteiger partial charge is 0.393 e. The molecule has 0 radical (unpaired) electrons. The minimum absolute atomic E-state index is 0.267. The average molecular weight is 233 g/mol. The number of benzene rings is 1. The molecule has 1 nitrogen and oxygen atoms in total. The van der Waals surface area contributed by atoms with Crippen molar-refractivity contribution in [2.45, 2.75) is 19.4 Å². The lowest BCUT2D eigenvalue weighted by atomic mass is 10.1. The van der Waals surface area contributed by atoms with Crippen molar-refractivity contribution in [3.8, 4) is 0 Å². The van der Waals surface area contributed by atoms with Crippen LogP contribution in [0, 0.1) is 5.82 Å². The fourth-order valence-corrected chi connectivity index (χ4v) is 1.52. The van der Waals surface area contributed by atoms with E-state index >= 15 is 0 Å². The maximum Gasteiger partial charge on any atom is 0.124 e. The Balaban J connectivity index is 2.86. The van der Waals surface area contributed by atoms with Crippen LogP contribution in [0.5, 0.6) is 0 Å². The van der Waals surface area contributed by atoms with Crippen LogP contribution >= 0.6 is 15.9 Å². The Kier molecular flexibility index (Phi) is 3.23. The van der Waals surface area contributed by atoms with E-state index in [0.29, 0.717) is 10.9 Å². The van der Waals surface area contributed by atoms with Gasteiger partial charge in [0, 0.05) is 4.47 Å². The molecule has 1 aromatic carbocycles. The van der Waals surface area contributed by atoms with E-state index in [0.717, 1.165) is 5.56 Å². The van der Waals surface area contributed by atoms with Gasteiger partial charge in [-0.25, -0.2) is 4.39 Å². The van der Waals surface area contributed by atoms with Crippen molar-refractivity contribution < 1.29 is 9.50 Å². The number of hydrogen-bond donors (Lipinski definition) is 1. The summed E-state index contributed by atoms with van der Waals surface area (Å²) >= 11 is 3.22. The summed E-state index contributed by atoms with van der Waals surface area (Å²) in [4.78, 5) is 0. The maximum atomic E-state index is 12.6. The zero-order valence-corrected chi connectivity index (χ0v) is 8.31. The highest BCUT2D eigenvalue weighted by Gasteiger charge is 2.04. The number of aliphatic hydroxyl groups excluding tert-OH is 1. The minimum atomic E-state index is -0.397. The number of rotatable bonds is 2. The Labute approximate surface area is 79.4 Å². The summed E-state index contributed by atoms with van der Waals surface area (Å²) in [7, 11) is 0. The summed E-state index contributed by atoms with van der Waals surface area (Å²) in [6.07, 6.45) is 0.146. The normalized spacial score (nSPS) is 13.0. The summed E-state index contributed by atoms with van der Waals surface area (Å²) < 4.78 is 13.3. The predicted octanol–water partition coefficient (Wildman–Crippen LogP) is 2.51. The molecule has 0 bridgehead atoms. The van der Waals surface area contributed by atoms with Gasteiger partial charge in [0.05, 0.1) is 6.10 Å². The molecular weight excluding hydrogens is 223 g/mol. The molecule has 0 spiro atoms. The highest BCUT2D eigenvalue weighted by Crippen LogP contribution is 2.19. The highest BCUT2D eigenvalue weighted by molar-refractivity contribution is 9.10. The van der Waals surface area contributed by atoms with Crippen molar-refractivity contribution in [1.29, 1.82) is 0 Å². The molecule has 0 aliphatic carbocycles. The van der Waals surface area contributed by atoms with Gasteiger partial charge in [0.2, 0.25) is 0 Å². The van der Waals surface area contributed by atoms with Crippen LogP contribution in [0.4, 0.5) is 4.39 Å². The van der Waals surface area contributed by atoms with E-state index in [2.05, 4.69) is 15.9 Å². The van der Waals surface area contributed by atoms with Gasteiger partial charge in [-0.3, -0.25) is 0 Å². The molecule has 66 valence electrons. The van der Waals surface area contributed by atoms with Crippen LogP contribution in [0.2, 0.25) is 0 Å². The van der Waals surface area contributed by atoms with Gasteiger partial charge in [0.25, 0.3) is 0 Å². The second-order valence-electron chi connectivity index (χ2n) is 2.79. The molecule has 0 aliphatic rings. The first-order valence-electron chi connectivity index (χ1n) is 3.71. The van der Waals surface area contributed by atoms with Crippen LogP contribution in [-0.4, -0.2) is 11.2 Å². The average Bonchev–Trinajstić information content (AvgIpc) is 1.94. The summed E-state index contributed by atoms with van der Waals surface area (Å²) in [5, 5.41) is 9.08. The lowest BCUT2D eigenvalue weighted by Gasteiger charge is -2.06. The molecule has 0 fully saturated rings. The van der Waals surface area contributed by atoms with Gasteiger partial charge in [0.1, 0.15) is 5.82 Å². The molecule has 0 saturated carbocycles. The monoisotopic (exact) mass is 232 g/mol. The van der Waals surface area contributed by atoms with Crippen molar-refractivity contribution in [2.75, 3.05) is 0 Å². The fraction of sp³-hybridized carbons (Fsp3) is 0.333. The molecule has 0 amide bonds. The molecular formula is C9H10BrFO. The van der Waals surface area contributed by atoms with E-state index in [-0.39, 0.29) is 5.82 Å². The Hall–Kier alpha value is -0.410. The summed E-state index contributed by atoms with van der Waals surface area (Å²) in [5.41, 5.74) is 0.923. The molecule has 1 aromatic rings. The number of halogens is 2. The number of aliphatic hydroxyl groups is 1. The fourth-order valence-electron chi connectivity index (χ4n) is 1.01. The van der Waals surface area contributed by atoms with Crippen molar-refractivity contribution >= 4 is 15.9 Å². The van der Waals surface area contributed by atoms with Crippen molar-refractivity contribution in [3.63, 3.8) is 0 Å². The van der Waals surface area contributed by atoms with Crippen molar-refractivity contribution in [1.82, 2.24) is 0 Å². The molecule has 0 aromatic heterocycles. The Morgan fingerprint density at radius 1 is 1.58 bits per heavy atom. The third-order valence-corrected chi connectivity index (χ3v) is 2.27. The van der Waals surface area contributed by atoms with Crippen LogP contribution in [0.25, 0.3) is 0 Å². The molecule has 0 heterocycles. The van der Waals surface area contributed by atoms with E-state index in [1.54, 1.807) is 13.0 Å². The van der Waals surface area contributed by atoms with Crippen LogP contribution in [0.1, 0.15) is 12.5 Å². The van der Waals surface area contributed by atoms with E-state index in [1.165, 1.54) is 12.1 Å². The van der Waals surface area contributed by atoms with Gasteiger partial charge in [-0.05, 0) is 31.0 Å². The summed E-state index contributed by atoms with van der Waals surface area (Å²) in [5.74, 6) is -0.267. The van der Waals surface area contributed by atoms with E-state index in [1.807, 2.05) is 0 Å². The lowest BCUT2D eigenvalue weighted by molar-refractivity contribution is 0.195. The number of hydrogen-bond acceptors (Lipinski definition) is 1. The first-order valence-corrected chi connectivity index (χ1v) is 4.51. The topological polar surface area (TPSA) is 20.2 Å². The maximum absolute atomic E-state index is 12.6. The van der Waals surface area contributed by atoms with Gasteiger partial charge in [-0.2, -0.15) is 0 Å². The molecule has 3 heteroatoms. The third-order valence-electron chi connectivity index (χ3n) is 1.53. The molecule has 1 N–H and O–H groups in total. The van der Waals surface area contributed by atoms with Crippen LogP contribution < -0.4 is 0 Å². The minimum Gasteiger partial charge on any atom is -0.393 e. The van der Waals surface area contributed by atoms with E-state index in [4.69, 9.17) is 5.11 Å². The lowest BCUT2D eigenvalue weighted by Crippen LogP contribution is -2.04. The quantitative estimate of drug-likeness (QED) is 0.832. The standard InChI is InChI=1S/C9H10BrFO/c1-6(12)4-7-2-3-8(11)5-9(7)10/h2-3,5-6,12H,4H2,1H3/t6-/m0/s1. The third kappa shape index (κ3) is 2.57. The molecule has 0 aliphatic heterocycles. The van der Waals surface area contributed by atoms with Crippen molar-refractivity contribution in [3.05, 3.63) is 34.1 Å². The van der Waals surface area contributed by atoms with Gasteiger partial charge in [-0.1, -0.05) is 22.0 Å². The zero-order chi connectivity index (χ0) is 9.14. The Morgan fingerprint density at radius 2 is 2.25 bits per heavy atom. The first-order chi connectivity index (χ1) is 5.59. The Morgan fingerprint density at radius 3 is 2.75 bits per heavy atom. The highest BCUT2D eigenvalue weighted by atomic mass is 79.9. The SMILES string of the molecule is C[C@H](O)Cc1ccc(F)cc1Br. The van der Waals surface area contributed by atoms with Crippen LogP contribution in [-0.2, 0) is 6.42 Å². The van der Waals surface area contributed by atoms with Gasteiger partial charge in [-0.15, -0.1) is 0 Å². The van der Waals surface area contributed by atoms with Crippen molar-refractivity contribution in [2.24, 2.45) is 0 Å². The summed E-state index contributed by atoms with van der Waals surface area (Å²) in [6, 6.07) is 4.46. The second kappa shape index (κ2) is 4.01. The molecule has 0 unspecified atom stereocenters. The van der Waals surface area contributed by atoms with Crippen LogP contribution in [0.3, 0.4) is 0 Å². The zero-order valence-electron chi connectivity index (χ0n) is 6.72. The van der Waals surface area contributed by atoms with Gasteiger partial charge in [0.15, 0.2) is 0 Å². The molecule has 1 atom stereocenters. The van der Waals surface area contributed by atoms with Crippen LogP contribution in [0.15, 0.2) is 22.7 Å². The van der Waals surface area contributed by atoms with E-state index < -0.39 is 6.10 Å². The van der Waals surface area contributed by atoms with Gasteiger partial charge < -0.3 is 5.11 Å². The summed E-state index contributed by atoms with van der Waals surface area (Å²) in [6.45, 7) is 1.70. The molecule has 0 saturated heterocycles. The smallest absolute Gasteiger partial charge is 0.124 e. The first kappa shape index (κ1) is 9.68. The second-order valence-corrected chi connectivity index (χ2v) is 3.64. The predicted molar refractivity (Wildman–Crippen MR) is 49.5 cm³/mol. The Bertz CT molecular complexity index is 273. The van der Waals surface area contributed by atoms with E-state index in [9.17, 15) is 4.39 Å². The molecule has 1 rings (SSSR count).